The van der Waals surface area contributed by atoms with Crippen molar-refractivity contribution in [3.63, 3.8) is 0 Å². The molecule has 1 unspecified atom stereocenters. The highest BCUT2D eigenvalue weighted by Crippen LogP contribution is 2.39. The van der Waals surface area contributed by atoms with Gasteiger partial charge in [-0.3, -0.25) is 9.69 Å². The van der Waals surface area contributed by atoms with Crippen LogP contribution in [0.2, 0.25) is 0 Å². The summed E-state index contributed by atoms with van der Waals surface area (Å²) in [5.41, 5.74) is 4.06. The summed E-state index contributed by atoms with van der Waals surface area (Å²) < 4.78 is 17.5. The van der Waals surface area contributed by atoms with Gasteiger partial charge in [-0.1, -0.05) is 30.3 Å². The van der Waals surface area contributed by atoms with Crippen LogP contribution in [0, 0.1) is 0 Å². The van der Waals surface area contributed by atoms with E-state index in [1.54, 1.807) is 12.1 Å². The summed E-state index contributed by atoms with van der Waals surface area (Å²) >= 11 is 0. The third-order valence-corrected chi connectivity index (χ3v) is 7.30. The Hall–Kier alpha value is -3.91. The van der Waals surface area contributed by atoms with Crippen molar-refractivity contribution in [2.24, 2.45) is 0 Å². The van der Waals surface area contributed by atoms with E-state index < -0.39 is 0 Å². The number of piperazine rings is 1. The lowest BCUT2D eigenvalue weighted by Gasteiger charge is -2.40. The van der Waals surface area contributed by atoms with Crippen LogP contribution in [0.3, 0.4) is 0 Å². The summed E-state index contributed by atoms with van der Waals surface area (Å²) in [7, 11) is 4.08. The fourth-order valence-corrected chi connectivity index (χ4v) is 5.19. The molecular formula is C33H44N4O4. The maximum atomic E-state index is 13.5. The van der Waals surface area contributed by atoms with Gasteiger partial charge in [0, 0.05) is 63.8 Å². The fraction of sp³-hybridized carbons (Fsp3) is 0.424. The van der Waals surface area contributed by atoms with Gasteiger partial charge in [-0.2, -0.15) is 0 Å². The van der Waals surface area contributed by atoms with Crippen molar-refractivity contribution in [2.45, 2.75) is 26.8 Å². The van der Waals surface area contributed by atoms with Gasteiger partial charge in [0.25, 0.3) is 5.91 Å². The van der Waals surface area contributed by atoms with Crippen LogP contribution in [0.5, 0.6) is 17.2 Å². The van der Waals surface area contributed by atoms with Crippen LogP contribution in [0.15, 0.2) is 66.7 Å². The molecule has 1 fully saturated rings. The van der Waals surface area contributed by atoms with E-state index in [9.17, 15) is 4.79 Å². The van der Waals surface area contributed by atoms with Gasteiger partial charge < -0.3 is 29.3 Å². The molecule has 0 spiro atoms. The topological polar surface area (TPSA) is 66.5 Å². The average Bonchev–Trinajstić information content (AvgIpc) is 3.00. The van der Waals surface area contributed by atoms with Gasteiger partial charge in [-0.25, -0.2) is 0 Å². The molecular weight excluding hydrogens is 516 g/mol. The van der Waals surface area contributed by atoms with E-state index >= 15 is 0 Å². The third-order valence-electron chi connectivity index (χ3n) is 7.30. The number of nitrogens with zero attached hydrogens (tertiary/aromatic N) is 3. The predicted octanol–water partition coefficient (Wildman–Crippen LogP) is 5.24. The van der Waals surface area contributed by atoms with E-state index in [1.165, 1.54) is 11.3 Å². The number of hydrogen-bond donors (Lipinski definition) is 1. The Morgan fingerprint density at radius 2 is 1.41 bits per heavy atom. The molecule has 8 heteroatoms. The maximum Gasteiger partial charge on any atom is 0.251 e. The second kappa shape index (κ2) is 14.6. The minimum absolute atomic E-state index is 0.0357. The highest BCUT2D eigenvalue weighted by molar-refractivity contribution is 5.95. The Balaban J connectivity index is 1.54. The molecule has 0 aliphatic carbocycles. The Morgan fingerprint density at radius 1 is 0.829 bits per heavy atom. The normalized spacial score (nSPS) is 14.3. The Kier molecular flexibility index (Phi) is 10.7. The zero-order chi connectivity index (χ0) is 29.2. The first-order valence-electron chi connectivity index (χ1n) is 14.6. The molecule has 0 bridgehead atoms. The lowest BCUT2D eigenvalue weighted by Crippen LogP contribution is -2.50. The quantitative estimate of drug-likeness (QED) is 0.307. The van der Waals surface area contributed by atoms with Gasteiger partial charge in [0.2, 0.25) is 5.75 Å². The van der Waals surface area contributed by atoms with E-state index in [-0.39, 0.29) is 11.9 Å². The summed E-state index contributed by atoms with van der Waals surface area (Å²) in [5.74, 6) is 1.38. The molecule has 1 heterocycles. The van der Waals surface area contributed by atoms with Crippen LogP contribution in [-0.2, 0) is 0 Å². The molecule has 3 aromatic rings. The number of rotatable bonds is 13. The van der Waals surface area contributed by atoms with Gasteiger partial charge in [0.1, 0.15) is 0 Å². The lowest BCUT2D eigenvalue weighted by atomic mass is 10.0. The number of carbonyl (C=O) groups excluding carboxylic acids is 1. The van der Waals surface area contributed by atoms with E-state index in [0.717, 1.165) is 31.9 Å². The van der Waals surface area contributed by atoms with Crippen molar-refractivity contribution < 1.29 is 19.0 Å². The molecule has 1 aliphatic rings. The monoisotopic (exact) mass is 560 g/mol. The minimum atomic E-state index is -0.173. The number of nitrogens with one attached hydrogen (secondary N) is 1. The van der Waals surface area contributed by atoms with E-state index in [2.05, 4.69) is 74.6 Å². The van der Waals surface area contributed by atoms with E-state index in [1.807, 2.05) is 34.9 Å². The van der Waals surface area contributed by atoms with Gasteiger partial charge in [-0.05, 0) is 62.7 Å². The molecule has 1 N–H and O–H groups in total. The van der Waals surface area contributed by atoms with Crippen molar-refractivity contribution in [1.82, 2.24) is 10.2 Å². The van der Waals surface area contributed by atoms with Gasteiger partial charge in [0.05, 0.1) is 25.9 Å². The van der Waals surface area contributed by atoms with E-state index in [4.69, 9.17) is 14.2 Å². The summed E-state index contributed by atoms with van der Waals surface area (Å²) in [6.07, 6.45) is 0. The lowest BCUT2D eigenvalue weighted by molar-refractivity contribution is 0.0929. The zero-order valence-electron chi connectivity index (χ0n) is 25.1. The SMILES string of the molecule is CCOc1cc(C(=O)NCC(c2ccc(N(C)C)cc2)N2CCN(c3ccccc3)CC2)cc(OCC)c1OCC. The maximum absolute atomic E-state index is 13.5. The predicted molar refractivity (Wildman–Crippen MR) is 166 cm³/mol. The smallest absolute Gasteiger partial charge is 0.251 e. The first kappa shape index (κ1) is 30.1. The number of carbonyl (C=O) groups is 1. The zero-order valence-corrected chi connectivity index (χ0v) is 25.1. The van der Waals surface area contributed by atoms with E-state index in [0.29, 0.717) is 49.2 Å². The molecule has 1 aliphatic heterocycles. The molecule has 1 saturated heterocycles. The molecule has 1 amide bonds. The highest BCUT2D eigenvalue weighted by Gasteiger charge is 2.27. The second-order valence-corrected chi connectivity index (χ2v) is 10.2. The first-order valence-corrected chi connectivity index (χ1v) is 14.6. The summed E-state index contributed by atoms with van der Waals surface area (Å²) in [6, 6.07) is 22.7. The average molecular weight is 561 g/mol. The number of hydrogen-bond acceptors (Lipinski definition) is 7. The van der Waals surface area contributed by atoms with Crippen LogP contribution in [0.25, 0.3) is 0 Å². The van der Waals surface area contributed by atoms with Crippen molar-refractivity contribution in [1.29, 1.82) is 0 Å². The largest absolute Gasteiger partial charge is 0.490 e. The summed E-state index contributed by atoms with van der Waals surface area (Å²) in [5, 5.41) is 3.21. The number of amides is 1. The van der Waals surface area contributed by atoms with Gasteiger partial charge >= 0.3 is 0 Å². The number of benzene rings is 3. The number of para-hydroxylation sites is 1. The molecule has 8 nitrogen and oxygen atoms in total. The molecule has 1 atom stereocenters. The van der Waals surface area contributed by atoms with Gasteiger partial charge in [-0.15, -0.1) is 0 Å². The highest BCUT2D eigenvalue weighted by atomic mass is 16.5. The van der Waals surface area contributed by atoms with Crippen molar-refractivity contribution >= 4 is 17.3 Å². The van der Waals surface area contributed by atoms with Crippen LogP contribution in [-0.4, -0.2) is 77.4 Å². The van der Waals surface area contributed by atoms with Crippen LogP contribution in [0.1, 0.15) is 42.7 Å². The Morgan fingerprint density at radius 3 is 1.95 bits per heavy atom. The minimum Gasteiger partial charge on any atom is -0.490 e. The van der Waals surface area contributed by atoms with Crippen LogP contribution in [0.4, 0.5) is 11.4 Å². The van der Waals surface area contributed by atoms with Crippen molar-refractivity contribution in [2.75, 3.05) is 76.4 Å². The Labute approximate surface area is 244 Å². The van der Waals surface area contributed by atoms with Crippen LogP contribution < -0.4 is 29.3 Å². The first-order chi connectivity index (χ1) is 19.9. The molecule has 0 saturated carbocycles. The Bertz CT molecular complexity index is 1210. The molecule has 0 radical (unpaired) electrons. The molecule has 0 aromatic heterocycles. The van der Waals surface area contributed by atoms with Crippen molar-refractivity contribution in [3.05, 3.63) is 77.9 Å². The standard InChI is InChI=1S/C33H44N4O4/c1-6-39-30-22-26(23-31(40-7-2)32(30)41-8-3)33(38)34-24-29(25-14-16-27(17-15-25)35(4)5)37-20-18-36(19-21-37)28-12-10-9-11-13-28/h9-17,22-23,29H,6-8,18-21,24H2,1-5H3,(H,34,38). The van der Waals surface area contributed by atoms with Crippen LogP contribution >= 0.6 is 0 Å². The summed E-state index contributed by atoms with van der Waals surface area (Å²) in [6.45, 7) is 11.2. The fourth-order valence-electron chi connectivity index (χ4n) is 5.19. The van der Waals surface area contributed by atoms with Gasteiger partial charge in [0.15, 0.2) is 11.5 Å². The third kappa shape index (κ3) is 7.64. The van der Waals surface area contributed by atoms with Crippen molar-refractivity contribution in [3.8, 4) is 17.2 Å². The number of ether oxygens (including phenoxy) is 3. The molecule has 4 rings (SSSR count). The second-order valence-electron chi connectivity index (χ2n) is 10.2. The summed E-state index contributed by atoms with van der Waals surface area (Å²) in [4.78, 5) is 20.5. The molecule has 41 heavy (non-hydrogen) atoms. The number of anilines is 2. The molecule has 3 aromatic carbocycles. The molecule has 220 valence electrons.